The summed E-state index contributed by atoms with van der Waals surface area (Å²) in [6, 6.07) is 23.0. The van der Waals surface area contributed by atoms with E-state index in [9.17, 15) is 4.79 Å². The smallest absolute Gasteiger partial charge is 0.274 e. The Morgan fingerprint density at radius 3 is 2.10 bits per heavy atom. The lowest BCUT2D eigenvalue weighted by Crippen LogP contribution is -2.27. The zero-order valence-corrected chi connectivity index (χ0v) is 18.9. The minimum atomic E-state index is -0.156. The molecular weight excluding hydrogens is 496 g/mol. The van der Waals surface area contributed by atoms with Crippen molar-refractivity contribution < 1.29 is 9.53 Å². The summed E-state index contributed by atoms with van der Waals surface area (Å²) < 4.78 is 7.18. The van der Waals surface area contributed by atoms with Crippen molar-refractivity contribution in [3.63, 3.8) is 0 Å². The third-order valence-corrected chi connectivity index (χ3v) is 5.94. The number of carbonyl (C=O) groups is 1. The van der Waals surface area contributed by atoms with Gasteiger partial charge in [-0.15, -0.1) is 0 Å². The number of methoxy groups -OCH3 is 1. The Morgan fingerprint density at radius 2 is 1.52 bits per heavy atom. The molecule has 0 radical (unpaired) electrons. The average Bonchev–Trinajstić information content (AvgIpc) is 3.20. The first-order valence-corrected chi connectivity index (χ1v) is 10.7. The summed E-state index contributed by atoms with van der Waals surface area (Å²) in [6.45, 7) is 0. The lowest BCUT2D eigenvalue weighted by atomic mass is 9.98. The zero-order valence-electron chi connectivity index (χ0n) is 15.7. The summed E-state index contributed by atoms with van der Waals surface area (Å²) in [7, 11) is 1.64. The number of rotatable bonds is 4. The lowest BCUT2D eigenvalue weighted by Gasteiger charge is -2.22. The third kappa shape index (κ3) is 4.28. The minimum Gasteiger partial charge on any atom is -0.497 e. The summed E-state index contributed by atoms with van der Waals surface area (Å²) in [5.74, 6) is 0.675. The quantitative estimate of drug-likeness (QED) is 0.416. The number of carbonyl (C=O) groups excluding carboxylic acids is 1. The molecule has 0 saturated heterocycles. The fraction of sp³-hybridized carbons (Fsp3) is 0.130. The number of hydrogen-bond acceptors (Lipinski definition) is 3. The Kier molecular flexibility index (Phi) is 5.83. The number of nitrogens with zero attached hydrogens (tertiary/aromatic N) is 2. The number of benzene rings is 3. The molecule has 1 aliphatic heterocycles. The van der Waals surface area contributed by atoms with E-state index in [1.54, 1.807) is 12.1 Å². The fourth-order valence-electron chi connectivity index (χ4n) is 3.32. The summed E-state index contributed by atoms with van der Waals surface area (Å²) in [5, 5.41) is 6.33. The molecular formula is C23H18Br2N2O2. The molecule has 3 aromatic carbocycles. The molecule has 0 bridgehead atoms. The van der Waals surface area contributed by atoms with Gasteiger partial charge in [0.2, 0.25) is 0 Å². The maximum Gasteiger partial charge on any atom is 0.274 e. The lowest BCUT2D eigenvalue weighted by molar-refractivity contribution is 0.0711. The van der Waals surface area contributed by atoms with Crippen LogP contribution in [0.15, 0.2) is 86.8 Å². The number of amides is 1. The van der Waals surface area contributed by atoms with Crippen molar-refractivity contribution in [3.05, 3.63) is 98.4 Å². The van der Waals surface area contributed by atoms with Crippen LogP contribution in [0.25, 0.3) is 0 Å². The Labute approximate surface area is 186 Å². The van der Waals surface area contributed by atoms with Gasteiger partial charge in [-0.1, -0.05) is 44.0 Å². The van der Waals surface area contributed by atoms with Crippen molar-refractivity contribution in [2.45, 2.75) is 12.5 Å². The summed E-state index contributed by atoms with van der Waals surface area (Å²) in [4.78, 5) is 13.3. The molecule has 0 aromatic heterocycles. The van der Waals surface area contributed by atoms with E-state index in [4.69, 9.17) is 9.84 Å². The molecule has 29 heavy (non-hydrogen) atoms. The van der Waals surface area contributed by atoms with Crippen molar-refractivity contribution >= 4 is 43.5 Å². The van der Waals surface area contributed by atoms with Crippen LogP contribution in [0.2, 0.25) is 0 Å². The fourth-order valence-corrected chi connectivity index (χ4v) is 3.85. The Balaban J connectivity index is 1.70. The van der Waals surface area contributed by atoms with Gasteiger partial charge in [-0.25, -0.2) is 5.01 Å². The average molecular weight is 514 g/mol. The molecule has 1 heterocycles. The summed E-state index contributed by atoms with van der Waals surface area (Å²) in [5.41, 5.74) is 3.52. The van der Waals surface area contributed by atoms with Gasteiger partial charge in [0.25, 0.3) is 5.91 Å². The van der Waals surface area contributed by atoms with Gasteiger partial charge in [0.1, 0.15) is 5.75 Å². The van der Waals surface area contributed by atoms with Crippen molar-refractivity contribution in [1.29, 1.82) is 0 Å². The zero-order chi connectivity index (χ0) is 20.4. The van der Waals surface area contributed by atoms with Gasteiger partial charge < -0.3 is 4.74 Å². The Bertz CT molecular complexity index is 1050. The molecule has 0 unspecified atom stereocenters. The van der Waals surface area contributed by atoms with Gasteiger partial charge in [0, 0.05) is 20.9 Å². The van der Waals surface area contributed by atoms with Crippen molar-refractivity contribution in [1.82, 2.24) is 5.01 Å². The second-order valence-corrected chi connectivity index (χ2v) is 8.53. The van der Waals surface area contributed by atoms with E-state index >= 15 is 0 Å². The molecule has 1 aliphatic rings. The predicted molar refractivity (Wildman–Crippen MR) is 121 cm³/mol. The van der Waals surface area contributed by atoms with E-state index < -0.39 is 0 Å². The topological polar surface area (TPSA) is 41.9 Å². The number of halogens is 2. The highest BCUT2D eigenvalue weighted by Crippen LogP contribution is 2.35. The van der Waals surface area contributed by atoms with Crippen LogP contribution < -0.4 is 4.74 Å². The molecule has 3 aromatic rings. The van der Waals surface area contributed by atoms with Crippen LogP contribution in [0.1, 0.15) is 33.9 Å². The SMILES string of the molecule is COc1ccc(C2=NN(C(=O)c3ccc(Br)cc3)[C@@H](c3ccc(Br)cc3)C2)cc1. The normalized spacial score (nSPS) is 15.9. The summed E-state index contributed by atoms with van der Waals surface area (Å²) >= 11 is 6.90. The van der Waals surface area contributed by atoms with Crippen LogP contribution in [0.4, 0.5) is 0 Å². The Morgan fingerprint density at radius 1 is 0.931 bits per heavy atom. The van der Waals surface area contributed by atoms with Crippen LogP contribution >= 0.6 is 31.9 Å². The van der Waals surface area contributed by atoms with Gasteiger partial charge in [0.05, 0.1) is 18.9 Å². The van der Waals surface area contributed by atoms with Crippen LogP contribution in [-0.4, -0.2) is 23.7 Å². The van der Waals surface area contributed by atoms with Gasteiger partial charge in [0.15, 0.2) is 0 Å². The highest BCUT2D eigenvalue weighted by atomic mass is 79.9. The first kappa shape index (κ1) is 19.9. The van der Waals surface area contributed by atoms with Crippen molar-refractivity contribution in [2.24, 2.45) is 5.10 Å². The second kappa shape index (κ2) is 8.51. The molecule has 1 atom stereocenters. The van der Waals surface area contributed by atoms with Crippen LogP contribution in [-0.2, 0) is 0 Å². The van der Waals surface area contributed by atoms with Crippen molar-refractivity contribution in [3.8, 4) is 5.75 Å². The monoisotopic (exact) mass is 512 g/mol. The predicted octanol–water partition coefficient (Wildman–Crippen LogP) is 6.21. The number of hydrogen-bond donors (Lipinski definition) is 0. The maximum absolute atomic E-state index is 13.3. The molecule has 1 amide bonds. The molecule has 0 fully saturated rings. The van der Waals surface area contributed by atoms with Crippen molar-refractivity contribution in [2.75, 3.05) is 7.11 Å². The van der Waals surface area contributed by atoms with Gasteiger partial charge in [-0.3, -0.25) is 4.79 Å². The molecule has 0 aliphatic carbocycles. The molecule has 4 nitrogen and oxygen atoms in total. The van der Waals surface area contributed by atoms with Gasteiger partial charge >= 0.3 is 0 Å². The standard InChI is InChI=1S/C23H18Br2N2O2/c1-29-20-12-6-15(7-13-20)21-14-22(16-2-8-18(24)9-3-16)27(26-21)23(28)17-4-10-19(25)11-5-17/h2-13,22H,14H2,1H3/t22-/m1/s1. The van der Waals surface area contributed by atoms with E-state index in [1.807, 2.05) is 72.8 Å². The highest BCUT2D eigenvalue weighted by molar-refractivity contribution is 9.10. The van der Waals surface area contributed by atoms with Gasteiger partial charge in [-0.05, 0) is 71.8 Å². The molecule has 0 spiro atoms. The molecule has 146 valence electrons. The van der Waals surface area contributed by atoms with Crippen LogP contribution in [0, 0.1) is 0 Å². The largest absolute Gasteiger partial charge is 0.497 e. The first-order chi connectivity index (χ1) is 14.0. The third-order valence-electron chi connectivity index (χ3n) is 4.89. The van der Waals surface area contributed by atoms with Crippen LogP contribution in [0.3, 0.4) is 0 Å². The molecule has 0 N–H and O–H groups in total. The first-order valence-electron chi connectivity index (χ1n) is 9.11. The molecule has 6 heteroatoms. The Hall–Kier alpha value is -2.44. The number of hydrazone groups is 1. The number of ether oxygens (including phenoxy) is 1. The van der Waals surface area contributed by atoms with Crippen LogP contribution in [0.5, 0.6) is 5.75 Å². The maximum atomic E-state index is 13.3. The minimum absolute atomic E-state index is 0.117. The second-order valence-electron chi connectivity index (χ2n) is 6.70. The van der Waals surface area contributed by atoms with E-state index in [2.05, 4.69) is 31.9 Å². The van der Waals surface area contributed by atoms with E-state index in [0.717, 1.165) is 31.5 Å². The molecule has 4 rings (SSSR count). The van der Waals surface area contributed by atoms with E-state index in [1.165, 1.54) is 0 Å². The summed E-state index contributed by atoms with van der Waals surface area (Å²) in [6.07, 6.45) is 0.649. The van der Waals surface area contributed by atoms with E-state index in [0.29, 0.717) is 12.0 Å². The van der Waals surface area contributed by atoms with Gasteiger partial charge in [-0.2, -0.15) is 5.10 Å². The van der Waals surface area contributed by atoms with E-state index in [-0.39, 0.29) is 11.9 Å². The molecule has 0 saturated carbocycles. The highest BCUT2D eigenvalue weighted by Gasteiger charge is 2.33.